The van der Waals surface area contributed by atoms with Crippen LogP contribution >= 0.6 is 11.3 Å². The fourth-order valence-corrected chi connectivity index (χ4v) is 3.29. The second-order valence-electron chi connectivity index (χ2n) is 6.57. The van der Waals surface area contributed by atoms with Crippen LogP contribution in [0.3, 0.4) is 0 Å². The Morgan fingerprint density at radius 1 is 1.14 bits per heavy atom. The molecular weight excluding hydrogens is 398 g/mol. The number of rotatable bonds is 10. The van der Waals surface area contributed by atoms with Gasteiger partial charge in [0.05, 0.1) is 6.54 Å². The smallest absolute Gasteiger partial charge is 0.322 e. The lowest BCUT2D eigenvalue weighted by molar-refractivity contribution is 0.0948. The van der Waals surface area contributed by atoms with Crippen LogP contribution < -0.4 is 10.6 Å². The Morgan fingerprint density at radius 3 is 2.59 bits per heavy atom. The number of benzene rings is 1. The predicted octanol–water partition coefficient (Wildman–Crippen LogP) is 4.79. The quantitative estimate of drug-likeness (QED) is 0.539. The molecule has 29 heavy (non-hydrogen) atoms. The standard InChI is InChI=1S/C20H26F2N4O2S/c1-3-5-9-23-19(27)17-13-29-18(25-17)12-26(10-6-4-2)20(28)24-14-7-8-15(21)16(22)11-14/h7-8,11,13H,3-6,9-10,12H2,1-2H3,(H,23,27)(H,24,28). The molecule has 0 saturated carbocycles. The van der Waals surface area contributed by atoms with Gasteiger partial charge in [-0.1, -0.05) is 26.7 Å². The molecule has 0 radical (unpaired) electrons. The Morgan fingerprint density at radius 2 is 1.90 bits per heavy atom. The maximum Gasteiger partial charge on any atom is 0.322 e. The first-order chi connectivity index (χ1) is 13.9. The van der Waals surface area contributed by atoms with Gasteiger partial charge in [0.15, 0.2) is 11.6 Å². The van der Waals surface area contributed by atoms with Crippen molar-refractivity contribution in [3.63, 3.8) is 0 Å². The summed E-state index contributed by atoms with van der Waals surface area (Å²) in [6.45, 7) is 5.35. The van der Waals surface area contributed by atoms with Crippen molar-refractivity contribution in [1.29, 1.82) is 0 Å². The molecule has 6 nitrogen and oxygen atoms in total. The number of amides is 3. The summed E-state index contributed by atoms with van der Waals surface area (Å²) in [7, 11) is 0. The van der Waals surface area contributed by atoms with Crippen molar-refractivity contribution in [1.82, 2.24) is 15.2 Å². The second-order valence-corrected chi connectivity index (χ2v) is 7.51. The van der Waals surface area contributed by atoms with Crippen LogP contribution in [0.4, 0.5) is 19.3 Å². The van der Waals surface area contributed by atoms with Crippen molar-refractivity contribution in [3.05, 3.63) is 45.9 Å². The third kappa shape index (κ3) is 7.08. The van der Waals surface area contributed by atoms with Crippen LogP contribution in [0.5, 0.6) is 0 Å². The number of aromatic nitrogens is 1. The number of carbonyl (C=O) groups excluding carboxylic acids is 2. The molecule has 0 spiro atoms. The number of hydrogen-bond acceptors (Lipinski definition) is 4. The third-order valence-electron chi connectivity index (χ3n) is 4.17. The molecule has 9 heteroatoms. The molecule has 3 amide bonds. The van der Waals surface area contributed by atoms with Gasteiger partial charge in [0.25, 0.3) is 5.91 Å². The monoisotopic (exact) mass is 424 g/mol. The summed E-state index contributed by atoms with van der Waals surface area (Å²) >= 11 is 1.30. The van der Waals surface area contributed by atoms with E-state index in [4.69, 9.17) is 0 Å². The van der Waals surface area contributed by atoms with E-state index in [0.717, 1.165) is 37.8 Å². The Kier molecular flexibility index (Phi) is 8.98. The van der Waals surface area contributed by atoms with Crippen LogP contribution in [0.1, 0.15) is 55.0 Å². The van der Waals surface area contributed by atoms with Crippen molar-refractivity contribution in [2.75, 3.05) is 18.4 Å². The normalized spacial score (nSPS) is 10.6. The fourth-order valence-electron chi connectivity index (χ4n) is 2.50. The minimum atomic E-state index is -1.03. The van der Waals surface area contributed by atoms with E-state index < -0.39 is 17.7 Å². The molecule has 2 N–H and O–H groups in total. The average Bonchev–Trinajstić information content (AvgIpc) is 3.16. The number of thiazole rings is 1. The molecule has 0 aliphatic heterocycles. The van der Waals surface area contributed by atoms with Crippen LogP contribution in [0, 0.1) is 11.6 Å². The van der Waals surface area contributed by atoms with E-state index in [1.165, 1.54) is 17.4 Å². The molecule has 0 aliphatic rings. The number of carbonyl (C=O) groups is 2. The topological polar surface area (TPSA) is 74.3 Å². The van der Waals surface area contributed by atoms with Crippen LogP contribution in [0.2, 0.25) is 0 Å². The van der Waals surface area contributed by atoms with E-state index in [1.807, 2.05) is 13.8 Å². The highest BCUT2D eigenvalue weighted by atomic mass is 32.1. The molecule has 1 aromatic carbocycles. The number of hydrogen-bond donors (Lipinski definition) is 2. The maximum atomic E-state index is 13.4. The minimum absolute atomic E-state index is 0.172. The zero-order valence-corrected chi connectivity index (χ0v) is 17.5. The highest BCUT2D eigenvalue weighted by Gasteiger charge is 2.18. The van der Waals surface area contributed by atoms with Gasteiger partial charge >= 0.3 is 6.03 Å². The van der Waals surface area contributed by atoms with E-state index in [-0.39, 0.29) is 18.1 Å². The predicted molar refractivity (Wildman–Crippen MR) is 110 cm³/mol. The zero-order chi connectivity index (χ0) is 21.2. The summed E-state index contributed by atoms with van der Waals surface area (Å²) in [6, 6.07) is 2.77. The highest BCUT2D eigenvalue weighted by molar-refractivity contribution is 7.09. The molecule has 0 fully saturated rings. The Hall–Kier alpha value is -2.55. The van der Waals surface area contributed by atoms with Gasteiger partial charge in [-0.25, -0.2) is 18.6 Å². The number of halogens is 2. The van der Waals surface area contributed by atoms with Crippen molar-refractivity contribution in [3.8, 4) is 0 Å². The van der Waals surface area contributed by atoms with Crippen LogP contribution in [0.15, 0.2) is 23.6 Å². The van der Waals surface area contributed by atoms with E-state index in [9.17, 15) is 18.4 Å². The van der Waals surface area contributed by atoms with Gasteiger partial charge in [-0.05, 0) is 25.0 Å². The molecule has 0 bridgehead atoms. The SMILES string of the molecule is CCCCNC(=O)c1csc(CN(CCCC)C(=O)Nc2ccc(F)c(F)c2)n1. The number of nitrogens with one attached hydrogen (secondary N) is 2. The van der Waals surface area contributed by atoms with Crippen LogP contribution in [0.25, 0.3) is 0 Å². The molecule has 0 aliphatic carbocycles. The van der Waals surface area contributed by atoms with Gasteiger partial charge in [-0.2, -0.15) is 0 Å². The number of unbranched alkanes of at least 4 members (excludes halogenated alkanes) is 2. The number of anilines is 1. The van der Waals surface area contributed by atoms with Gasteiger partial charge in [0.2, 0.25) is 0 Å². The summed E-state index contributed by atoms with van der Waals surface area (Å²) in [4.78, 5) is 30.6. The first-order valence-corrected chi connectivity index (χ1v) is 10.6. The van der Waals surface area contributed by atoms with Gasteiger partial charge in [0, 0.05) is 30.2 Å². The molecule has 2 rings (SSSR count). The summed E-state index contributed by atoms with van der Waals surface area (Å²) in [5.74, 6) is -2.23. The molecule has 1 aromatic heterocycles. The molecule has 0 atom stereocenters. The van der Waals surface area contributed by atoms with Gasteiger partial charge in [-0.15, -0.1) is 11.3 Å². The molecule has 0 saturated heterocycles. The first kappa shape index (κ1) is 22.7. The lowest BCUT2D eigenvalue weighted by Crippen LogP contribution is -2.35. The summed E-state index contributed by atoms with van der Waals surface area (Å²) in [5.41, 5.74) is 0.503. The van der Waals surface area contributed by atoms with Crippen molar-refractivity contribution >= 4 is 29.0 Å². The maximum absolute atomic E-state index is 13.4. The van der Waals surface area contributed by atoms with Crippen molar-refractivity contribution < 1.29 is 18.4 Å². The molecule has 2 aromatic rings. The molecular formula is C20H26F2N4O2S. The largest absolute Gasteiger partial charge is 0.351 e. The zero-order valence-electron chi connectivity index (χ0n) is 16.6. The first-order valence-electron chi connectivity index (χ1n) is 9.68. The highest BCUT2D eigenvalue weighted by Crippen LogP contribution is 2.17. The van der Waals surface area contributed by atoms with Gasteiger partial charge < -0.3 is 15.5 Å². The molecule has 0 unspecified atom stereocenters. The second kappa shape index (κ2) is 11.5. The Labute approximate surface area is 173 Å². The molecule has 158 valence electrons. The van der Waals surface area contributed by atoms with E-state index in [1.54, 1.807) is 10.3 Å². The van der Waals surface area contributed by atoms with Crippen molar-refractivity contribution in [2.45, 2.75) is 46.1 Å². The summed E-state index contributed by atoms with van der Waals surface area (Å²) < 4.78 is 26.5. The van der Waals surface area contributed by atoms with Gasteiger partial charge in [-0.3, -0.25) is 4.79 Å². The summed E-state index contributed by atoms with van der Waals surface area (Å²) in [5, 5.41) is 7.69. The van der Waals surface area contributed by atoms with Crippen molar-refractivity contribution in [2.24, 2.45) is 0 Å². The van der Waals surface area contributed by atoms with E-state index in [0.29, 0.717) is 23.8 Å². The van der Waals surface area contributed by atoms with E-state index >= 15 is 0 Å². The number of urea groups is 1. The van der Waals surface area contributed by atoms with Crippen LogP contribution in [-0.4, -0.2) is 34.9 Å². The Balaban J connectivity index is 2.03. The summed E-state index contributed by atoms with van der Waals surface area (Å²) in [6.07, 6.45) is 3.55. The third-order valence-corrected chi connectivity index (χ3v) is 5.00. The fraction of sp³-hybridized carbons (Fsp3) is 0.450. The lowest BCUT2D eigenvalue weighted by atomic mass is 10.3. The van der Waals surface area contributed by atoms with Crippen LogP contribution in [-0.2, 0) is 6.54 Å². The minimum Gasteiger partial charge on any atom is -0.351 e. The Bertz CT molecular complexity index is 829. The average molecular weight is 425 g/mol. The molecule has 1 heterocycles. The van der Waals surface area contributed by atoms with Gasteiger partial charge in [0.1, 0.15) is 10.7 Å². The van der Waals surface area contributed by atoms with E-state index in [2.05, 4.69) is 15.6 Å². The number of nitrogens with zero attached hydrogens (tertiary/aromatic N) is 2. The lowest BCUT2D eigenvalue weighted by Gasteiger charge is -2.22.